The summed E-state index contributed by atoms with van der Waals surface area (Å²) in [6.45, 7) is 4.87. The quantitative estimate of drug-likeness (QED) is 0.710. The van der Waals surface area contributed by atoms with Crippen molar-refractivity contribution >= 4 is 20.9 Å². The Morgan fingerprint density at radius 1 is 1.04 bits per heavy atom. The molecule has 0 amide bonds. The van der Waals surface area contributed by atoms with Gasteiger partial charge >= 0.3 is 0 Å². The molecule has 1 fully saturated rings. The second kappa shape index (κ2) is 7.26. The number of aromatic amines is 1. The van der Waals surface area contributed by atoms with Crippen LogP contribution in [-0.4, -0.2) is 37.9 Å². The van der Waals surface area contributed by atoms with Crippen molar-refractivity contribution in [1.82, 2.24) is 9.29 Å². The zero-order valence-corrected chi connectivity index (χ0v) is 17.3. The molecule has 1 saturated heterocycles. The number of nitrogens with one attached hydrogen (secondary N) is 1. The molecule has 1 aromatic heterocycles. The summed E-state index contributed by atoms with van der Waals surface area (Å²) < 4.78 is 33.2. The number of aromatic nitrogens is 1. The molecule has 2 heterocycles. The van der Waals surface area contributed by atoms with Crippen LogP contribution in [0, 0.1) is 13.8 Å². The molecular weight excluding hydrogens is 372 g/mol. The fraction of sp³-hybridized carbons (Fsp3) is 0.364. The number of hydrogen-bond donors (Lipinski definition) is 1. The minimum absolute atomic E-state index is 0.337. The van der Waals surface area contributed by atoms with Crippen molar-refractivity contribution in [2.75, 3.05) is 20.2 Å². The van der Waals surface area contributed by atoms with Crippen molar-refractivity contribution < 1.29 is 13.2 Å². The van der Waals surface area contributed by atoms with E-state index in [0.29, 0.717) is 23.9 Å². The van der Waals surface area contributed by atoms with Crippen molar-refractivity contribution in [3.05, 3.63) is 59.3 Å². The molecule has 4 rings (SSSR count). The van der Waals surface area contributed by atoms with E-state index >= 15 is 0 Å². The number of nitrogens with zero attached hydrogens (tertiary/aromatic N) is 1. The number of rotatable bonds is 4. The SMILES string of the molecule is COc1ccc2[nH]c(C3CCN(S(=O)(=O)c4cc(C)ccc4C)CC3)cc2c1. The van der Waals surface area contributed by atoms with E-state index in [1.54, 1.807) is 17.5 Å². The maximum absolute atomic E-state index is 13.1. The van der Waals surface area contributed by atoms with Crippen LogP contribution in [-0.2, 0) is 10.0 Å². The molecule has 0 aliphatic carbocycles. The monoisotopic (exact) mass is 398 g/mol. The maximum atomic E-state index is 13.1. The van der Waals surface area contributed by atoms with Gasteiger partial charge in [-0.15, -0.1) is 0 Å². The van der Waals surface area contributed by atoms with Gasteiger partial charge < -0.3 is 9.72 Å². The largest absolute Gasteiger partial charge is 0.497 e. The van der Waals surface area contributed by atoms with Crippen molar-refractivity contribution in [1.29, 1.82) is 0 Å². The number of sulfonamides is 1. The van der Waals surface area contributed by atoms with Crippen LogP contribution in [0.3, 0.4) is 0 Å². The first-order valence-electron chi connectivity index (χ1n) is 9.62. The van der Waals surface area contributed by atoms with Gasteiger partial charge in [-0.25, -0.2) is 8.42 Å². The Hall–Kier alpha value is -2.31. The fourth-order valence-corrected chi connectivity index (χ4v) is 5.79. The van der Waals surface area contributed by atoms with Gasteiger partial charge in [0.25, 0.3) is 0 Å². The maximum Gasteiger partial charge on any atom is 0.243 e. The third-order valence-corrected chi connectivity index (χ3v) is 7.74. The lowest BCUT2D eigenvalue weighted by atomic mass is 9.95. The number of aryl methyl sites for hydroxylation is 2. The molecule has 0 atom stereocenters. The Kier molecular flexibility index (Phi) is 4.93. The zero-order chi connectivity index (χ0) is 19.9. The number of methoxy groups -OCH3 is 1. The predicted octanol–water partition coefficient (Wildman–Crippen LogP) is 4.36. The Labute approximate surface area is 166 Å². The molecule has 0 spiro atoms. The van der Waals surface area contributed by atoms with E-state index in [-0.39, 0.29) is 0 Å². The molecule has 148 valence electrons. The van der Waals surface area contributed by atoms with Crippen LogP contribution in [0.5, 0.6) is 5.75 Å². The summed E-state index contributed by atoms with van der Waals surface area (Å²) in [6.07, 6.45) is 1.63. The Bertz CT molecular complexity index is 1110. The molecular formula is C22H26N2O3S. The van der Waals surface area contributed by atoms with Gasteiger partial charge in [-0.1, -0.05) is 12.1 Å². The van der Waals surface area contributed by atoms with Gasteiger partial charge in [-0.2, -0.15) is 4.31 Å². The molecule has 0 bridgehead atoms. The normalized spacial score (nSPS) is 16.5. The van der Waals surface area contributed by atoms with Gasteiger partial charge in [-0.3, -0.25) is 0 Å². The van der Waals surface area contributed by atoms with E-state index in [4.69, 9.17) is 4.74 Å². The molecule has 2 aromatic carbocycles. The summed E-state index contributed by atoms with van der Waals surface area (Å²) >= 11 is 0. The average molecular weight is 399 g/mol. The van der Waals surface area contributed by atoms with Crippen LogP contribution < -0.4 is 4.74 Å². The Morgan fingerprint density at radius 3 is 2.50 bits per heavy atom. The summed E-state index contributed by atoms with van der Waals surface area (Å²) in [5, 5.41) is 1.12. The van der Waals surface area contributed by atoms with Crippen LogP contribution in [0.1, 0.15) is 35.6 Å². The van der Waals surface area contributed by atoms with Crippen molar-refractivity contribution in [3.8, 4) is 5.75 Å². The number of benzene rings is 2. The number of hydrogen-bond acceptors (Lipinski definition) is 3. The molecule has 0 unspecified atom stereocenters. The van der Waals surface area contributed by atoms with Crippen LogP contribution in [0.25, 0.3) is 10.9 Å². The molecule has 5 nitrogen and oxygen atoms in total. The molecule has 3 aromatic rings. The van der Waals surface area contributed by atoms with Crippen molar-refractivity contribution in [3.63, 3.8) is 0 Å². The van der Waals surface area contributed by atoms with Crippen molar-refractivity contribution in [2.24, 2.45) is 0 Å². The summed E-state index contributed by atoms with van der Waals surface area (Å²) in [5.74, 6) is 1.18. The van der Waals surface area contributed by atoms with Crippen LogP contribution >= 0.6 is 0 Å². The summed E-state index contributed by atoms with van der Waals surface area (Å²) in [5.41, 5.74) is 4.03. The number of H-pyrrole nitrogens is 1. The Balaban J connectivity index is 1.52. The third kappa shape index (κ3) is 3.42. The number of piperidine rings is 1. The minimum atomic E-state index is -3.45. The zero-order valence-electron chi connectivity index (χ0n) is 16.5. The lowest BCUT2D eigenvalue weighted by Gasteiger charge is -2.31. The standard InChI is InChI=1S/C22H26N2O3S/c1-15-4-5-16(2)22(12-15)28(25,26)24-10-8-17(9-11-24)21-14-18-13-19(27-3)6-7-20(18)23-21/h4-7,12-14,17,23H,8-11H2,1-3H3. The summed E-state index contributed by atoms with van der Waals surface area (Å²) in [6, 6.07) is 13.8. The van der Waals surface area contributed by atoms with E-state index in [9.17, 15) is 8.42 Å². The number of fused-ring (bicyclic) bond motifs is 1. The van der Waals surface area contributed by atoms with E-state index in [0.717, 1.165) is 40.6 Å². The van der Waals surface area contributed by atoms with E-state index < -0.39 is 10.0 Å². The first-order valence-corrected chi connectivity index (χ1v) is 11.1. The number of ether oxygens (including phenoxy) is 1. The topological polar surface area (TPSA) is 62.4 Å². The molecule has 1 aliphatic heterocycles. The minimum Gasteiger partial charge on any atom is -0.497 e. The average Bonchev–Trinajstić information content (AvgIpc) is 3.13. The van der Waals surface area contributed by atoms with E-state index in [2.05, 4.69) is 11.1 Å². The van der Waals surface area contributed by atoms with Gasteiger partial charge in [0, 0.05) is 35.6 Å². The van der Waals surface area contributed by atoms with E-state index in [1.807, 2.05) is 44.2 Å². The highest BCUT2D eigenvalue weighted by molar-refractivity contribution is 7.89. The predicted molar refractivity (Wildman–Crippen MR) is 112 cm³/mol. The van der Waals surface area contributed by atoms with Gasteiger partial charge in [0.1, 0.15) is 5.75 Å². The first kappa shape index (κ1) is 19.0. The van der Waals surface area contributed by atoms with Crippen molar-refractivity contribution in [2.45, 2.75) is 37.5 Å². The van der Waals surface area contributed by atoms with Gasteiger partial charge in [0.2, 0.25) is 10.0 Å². The summed E-state index contributed by atoms with van der Waals surface area (Å²) in [7, 11) is -1.78. The highest BCUT2D eigenvalue weighted by atomic mass is 32.2. The molecule has 28 heavy (non-hydrogen) atoms. The third-order valence-electron chi connectivity index (χ3n) is 5.70. The Morgan fingerprint density at radius 2 is 1.79 bits per heavy atom. The fourth-order valence-electron chi connectivity index (χ4n) is 4.01. The molecule has 0 radical (unpaired) electrons. The second-order valence-electron chi connectivity index (χ2n) is 7.63. The smallest absolute Gasteiger partial charge is 0.243 e. The molecule has 6 heteroatoms. The van der Waals surface area contributed by atoms with E-state index in [1.165, 1.54) is 5.69 Å². The lowest BCUT2D eigenvalue weighted by Crippen LogP contribution is -2.38. The van der Waals surface area contributed by atoms with Gasteiger partial charge in [0.15, 0.2) is 0 Å². The van der Waals surface area contributed by atoms with Gasteiger partial charge in [-0.05, 0) is 68.1 Å². The molecule has 1 N–H and O–H groups in total. The van der Waals surface area contributed by atoms with Crippen LogP contribution in [0.4, 0.5) is 0 Å². The summed E-state index contributed by atoms with van der Waals surface area (Å²) in [4.78, 5) is 3.93. The highest BCUT2D eigenvalue weighted by Gasteiger charge is 2.31. The first-order chi connectivity index (χ1) is 13.4. The lowest BCUT2D eigenvalue weighted by molar-refractivity contribution is 0.317. The highest BCUT2D eigenvalue weighted by Crippen LogP contribution is 2.33. The van der Waals surface area contributed by atoms with Crippen LogP contribution in [0.15, 0.2) is 47.4 Å². The second-order valence-corrected chi connectivity index (χ2v) is 9.53. The molecule has 1 aliphatic rings. The van der Waals surface area contributed by atoms with Gasteiger partial charge in [0.05, 0.1) is 12.0 Å². The van der Waals surface area contributed by atoms with Crippen LogP contribution in [0.2, 0.25) is 0 Å². The molecule has 0 saturated carbocycles.